The summed E-state index contributed by atoms with van der Waals surface area (Å²) in [5.41, 5.74) is 1.81. The summed E-state index contributed by atoms with van der Waals surface area (Å²) in [6.45, 7) is 0.179. The first-order chi connectivity index (χ1) is 14.1. The highest BCUT2D eigenvalue weighted by molar-refractivity contribution is 5.86. The number of carbonyl (C=O) groups is 1. The van der Waals surface area contributed by atoms with Crippen molar-refractivity contribution in [2.45, 2.75) is 24.9 Å². The van der Waals surface area contributed by atoms with Crippen LogP contribution < -0.4 is 28.4 Å². The minimum absolute atomic E-state index is 0.167. The molecule has 5 rings (SSSR count). The van der Waals surface area contributed by atoms with Crippen LogP contribution in [0.5, 0.6) is 34.5 Å². The highest BCUT2D eigenvalue weighted by Crippen LogP contribution is 2.53. The van der Waals surface area contributed by atoms with Gasteiger partial charge in [0.2, 0.25) is 12.5 Å². The predicted octanol–water partition coefficient (Wildman–Crippen LogP) is 3.31. The van der Waals surface area contributed by atoms with Crippen molar-refractivity contribution in [3.63, 3.8) is 0 Å². The Labute approximate surface area is 168 Å². The van der Waals surface area contributed by atoms with Crippen molar-refractivity contribution in [3.8, 4) is 34.5 Å². The van der Waals surface area contributed by atoms with E-state index in [-0.39, 0.29) is 30.5 Å². The molecule has 2 heterocycles. The van der Waals surface area contributed by atoms with Crippen LogP contribution in [-0.4, -0.2) is 40.0 Å². The topological polar surface area (TPSA) is 72.5 Å². The smallest absolute Gasteiger partial charge is 0.231 e. The zero-order chi connectivity index (χ0) is 20.1. The molecule has 0 N–H and O–H groups in total. The number of ketones is 1. The summed E-state index contributed by atoms with van der Waals surface area (Å²) in [4.78, 5) is 12.8. The molecule has 1 saturated carbocycles. The van der Waals surface area contributed by atoms with Crippen molar-refractivity contribution in [1.82, 2.24) is 0 Å². The fraction of sp³-hybridized carbons (Fsp3) is 0.409. The average molecular weight is 398 g/mol. The van der Waals surface area contributed by atoms with E-state index in [0.717, 1.165) is 16.9 Å². The summed E-state index contributed by atoms with van der Waals surface area (Å²) < 4.78 is 33.9. The van der Waals surface area contributed by atoms with Gasteiger partial charge in [-0.05, 0) is 30.2 Å². The Balaban J connectivity index is 1.71. The number of Topliss-reactive ketones (excluding diaryl/α,β-unsaturated/α-hetero) is 1. The Kier molecular flexibility index (Phi) is 4.19. The van der Waals surface area contributed by atoms with E-state index in [2.05, 4.69) is 0 Å². The van der Waals surface area contributed by atoms with Crippen molar-refractivity contribution in [2.24, 2.45) is 5.92 Å². The van der Waals surface area contributed by atoms with Crippen molar-refractivity contribution in [3.05, 3.63) is 35.4 Å². The van der Waals surface area contributed by atoms with Crippen LogP contribution in [-0.2, 0) is 4.79 Å². The maximum absolute atomic E-state index is 12.8. The van der Waals surface area contributed by atoms with Gasteiger partial charge in [-0.3, -0.25) is 4.79 Å². The van der Waals surface area contributed by atoms with Gasteiger partial charge in [0.15, 0.2) is 23.0 Å². The first kappa shape index (κ1) is 18.0. The van der Waals surface area contributed by atoms with E-state index < -0.39 is 0 Å². The van der Waals surface area contributed by atoms with Crippen LogP contribution in [0.2, 0.25) is 0 Å². The fourth-order valence-electron chi connectivity index (χ4n) is 4.68. The van der Waals surface area contributed by atoms with Crippen LogP contribution in [0.1, 0.15) is 29.9 Å². The molecule has 3 unspecified atom stereocenters. The van der Waals surface area contributed by atoms with Crippen molar-refractivity contribution < 1.29 is 33.2 Å². The molecule has 0 radical (unpaired) electrons. The monoisotopic (exact) mass is 398 g/mol. The Morgan fingerprint density at radius 2 is 1.59 bits per heavy atom. The van der Waals surface area contributed by atoms with Gasteiger partial charge in [-0.25, -0.2) is 0 Å². The molecule has 29 heavy (non-hydrogen) atoms. The van der Waals surface area contributed by atoms with Gasteiger partial charge in [0.05, 0.1) is 27.2 Å². The quantitative estimate of drug-likeness (QED) is 0.782. The average Bonchev–Trinajstić information content (AvgIpc) is 3.35. The molecule has 1 fully saturated rings. The lowest BCUT2D eigenvalue weighted by molar-refractivity contribution is -0.122. The fourth-order valence-corrected chi connectivity index (χ4v) is 4.68. The highest BCUT2D eigenvalue weighted by atomic mass is 16.7. The lowest BCUT2D eigenvalue weighted by Crippen LogP contribution is -2.35. The predicted molar refractivity (Wildman–Crippen MR) is 103 cm³/mol. The van der Waals surface area contributed by atoms with Crippen LogP contribution in [0.3, 0.4) is 0 Å². The first-order valence-corrected chi connectivity index (χ1v) is 9.57. The molecule has 0 bridgehead atoms. The van der Waals surface area contributed by atoms with E-state index >= 15 is 0 Å². The second-order valence-electron chi connectivity index (χ2n) is 7.37. The Morgan fingerprint density at radius 1 is 0.897 bits per heavy atom. The Bertz CT molecular complexity index is 958. The molecule has 3 atom stereocenters. The van der Waals surface area contributed by atoms with Crippen molar-refractivity contribution in [2.75, 3.05) is 28.1 Å². The summed E-state index contributed by atoms with van der Waals surface area (Å²) in [6, 6.07) is 7.61. The molecule has 3 aliphatic rings. The maximum Gasteiger partial charge on any atom is 0.231 e. The molecule has 0 spiro atoms. The highest BCUT2D eigenvalue weighted by Gasteiger charge is 2.48. The standard InChI is InChI=1S/C22H22O7/c1-24-18-6-11(7-19(25-2)22(18)26-3)20-12-8-16-17(28-10-27-16)9-15(12)29-14-5-4-13(23)21(14)20/h6-9,14,20-21H,4-5,10H2,1-3H3. The van der Waals surface area contributed by atoms with E-state index in [4.69, 9.17) is 28.4 Å². The van der Waals surface area contributed by atoms with E-state index in [1.165, 1.54) is 0 Å². The van der Waals surface area contributed by atoms with Crippen LogP contribution >= 0.6 is 0 Å². The van der Waals surface area contributed by atoms with Crippen molar-refractivity contribution in [1.29, 1.82) is 0 Å². The molecule has 0 aromatic heterocycles. The third-order valence-electron chi connectivity index (χ3n) is 5.97. The normalized spacial score (nSPS) is 23.8. The number of hydrogen-bond donors (Lipinski definition) is 0. The molecule has 0 saturated heterocycles. The van der Waals surface area contributed by atoms with Crippen LogP contribution in [0.25, 0.3) is 0 Å². The molecule has 2 aromatic carbocycles. The van der Waals surface area contributed by atoms with E-state index in [9.17, 15) is 4.79 Å². The number of ether oxygens (including phenoxy) is 6. The van der Waals surface area contributed by atoms with Gasteiger partial charge in [-0.1, -0.05) is 0 Å². The van der Waals surface area contributed by atoms with E-state index in [0.29, 0.717) is 41.6 Å². The number of fused-ring (bicyclic) bond motifs is 3. The molecule has 7 heteroatoms. The minimum Gasteiger partial charge on any atom is -0.493 e. The number of hydrogen-bond acceptors (Lipinski definition) is 7. The molecule has 152 valence electrons. The lowest BCUT2D eigenvalue weighted by atomic mass is 9.76. The Hall–Kier alpha value is -3.09. The lowest BCUT2D eigenvalue weighted by Gasteiger charge is -2.36. The molecule has 1 aliphatic carbocycles. The summed E-state index contributed by atoms with van der Waals surface area (Å²) in [5.74, 6) is 3.40. The van der Waals surface area contributed by atoms with Gasteiger partial charge >= 0.3 is 0 Å². The van der Waals surface area contributed by atoms with Crippen molar-refractivity contribution >= 4 is 5.78 Å². The minimum atomic E-state index is -0.273. The summed E-state index contributed by atoms with van der Waals surface area (Å²) in [5, 5.41) is 0. The second kappa shape index (κ2) is 6.76. The number of methoxy groups -OCH3 is 3. The largest absolute Gasteiger partial charge is 0.493 e. The molecule has 7 nitrogen and oxygen atoms in total. The summed E-state index contributed by atoms with van der Waals surface area (Å²) >= 11 is 0. The van der Waals surface area contributed by atoms with Crippen LogP contribution in [0.4, 0.5) is 0 Å². The Morgan fingerprint density at radius 3 is 2.24 bits per heavy atom. The third kappa shape index (κ3) is 2.68. The van der Waals surface area contributed by atoms with E-state index in [1.807, 2.05) is 24.3 Å². The van der Waals surface area contributed by atoms with Gasteiger partial charge in [-0.15, -0.1) is 0 Å². The zero-order valence-corrected chi connectivity index (χ0v) is 16.5. The summed E-state index contributed by atoms with van der Waals surface area (Å²) in [7, 11) is 4.74. The SMILES string of the molecule is COc1cc(C2c3cc4c(cc3OC3CCC(=O)C32)OCO4)cc(OC)c1OC. The summed E-state index contributed by atoms with van der Waals surface area (Å²) in [6.07, 6.45) is 1.05. The van der Waals surface area contributed by atoms with Gasteiger partial charge in [0.25, 0.3) is 0 Å². The molecule has 2 aromatic rings. The number of carbonyl (C=O) groups excluding carboxylic acids is 1. The van der Waals surface area contributed by atoms with E-state index in [1.54, 1.807) is 21.3 Å². The molecular formula is C22H22O7. The third-order valence-corrected chi connectivity index (χ3v) is 5.97. The molecule has 2 aliphatic heterocycles. The second-order valence-corrected chi connectivity index (χ2v) is 7.37. The van der Waals surface area contributed by atoms with Crippen LogP contribution in [0, 0.1) is 5.92 Å². The first-order valence-electron chi connectivity index (χ1n) is 9.57. The van der Waals surface area contributed by atoms with Gasteiger partial charge in [0.1, 0.15) is 17.6 Å². The number of rotatable bonds is 4. The van der Waals surface area contributed by atoms with Crippen LogP contribution in [0.15, 0.2) is 24.3 Å². The number of benzene rings is 2. The van der Waals surface area contributed by atoms with Gasteiger partial charge in [-0.2, -0.15) is 0 Å². The zero-order valence-electron chi connectivity index (χ0n) is 16.5. The van der Waals surface area contributed by atoms with Gasteiger partial charge in [0, 0.05) is 24.0 Å². The molecular weight excluding hydrogens is 376 g/mol. The van der Waals surface area contributed by atoms with Gasteiger partial charge < -0.3 is 28.4 Å². The maximum atomic E-state index is 12.8. The molecule has 0 amide bonds.